The molecule has 1 aliphatic rings. The van der Waals surface area contributed by atoms with E-state index in [1.54, 1.807) is 18.5 Å². The van der Waals surface area contributed by atoms with E-state index in [0.717, 1.165) is 5.56 Å². The first-order chi connectivity index (χ1) is 17.7. The van der Waals surface area contributed by atoms with E-state index in [-0.39, 0.29) is 17.0 Å². The summed E-state index contributed by atoms with van der Waals surface area (Å²) in [5.41, 5.74) is 2.41. The van der Waals surface area contributed by atoms with E-state index in [2.05, 4.69) is 35.7 Å². The maximum atomic E-state index is 14.2. The molecule has 188 valence electrons. The highest BCUT2D eigenvalue weighted by Crippen LogP contribution is 2.50. The molecular weight excluding hydrogens is 499 g/mol. The summed E-state index contributed by atoms with van der Waals surface area (Å²) < 4.78 is 17.5. The van der Waals surface area contributed by atoms with Crippen LogP contribution in [-0.4, -0.2) is 50.3 Å². The molecule has 1 amide bonds. The van der Waals surface area contributed by atoms with Crippen molar-refractivity contribution in [3.8, 4) is 5.82 Å². The Morgan fingerprint density at radius 3 is 2.65 bits per heavy atom. The first-order valence-electron chi connectivity index (χ1n) is 11.7. The molecule has 0 spiro atoms. The number of carbonyl (C=O) groups is 1. The van der Waals surface area contributed by atoms with Crippen molar-refractivity contribution in [2.24, 2.45) is 0 Å². The van der Waals surface area contributed by atoms with Crippen molar-refractivity contribution >= 4 is 28.8 Å². The molecule has 2 atom stereocenters. The average Bonchev–Trinajstić information content (AvgIpc) is 3.64. The van der Waals surface area contributed by atoms with Crippen molar-refractivity contribution in [2.45, 2.75) is 44.6 Å². The van der Waals surface area contributed by atoms with E-state index < -0.39 is 17.3 Å². The topological polar surface area (TPSA) is 121 Å². The summed E-state index contributed by atoms with van der Waals surface area (Å²) in [4.78, 5) is 23.6. The fraction of sp³-hybridized carbons (Fsp3) is 0.292. The number of anilines is 1. The molecule has 0 saturated carbocycles. The van der Waals surface area contributed by atoms with Crippen LogP contribution >= 0.6 is 11.6 Å². The maximum Gasteiger partial charge on any atom is 0.235 e. The lowest BCUT2D eigenvalue weighted by molar-refractivity contribution is -0.117. The van der Waals surface area contributed by atoms with Crippen LogP contribution in [0, 0.1) is 5.95 Å². The van der Waals surface area contributed by atoms with E-state index in [1.807, 2.05) is 31.6 Å². The van der Waals surface area contributed by atoms with Crippen LogP contribution in [0.3, 0.4) is 0 Å². The van der Waals surface area contributed by atoms with Crippen LogP contribution in [0.2, 0.25) is 5.02 Å². The summed E-state index contributed by atoms with van der Waals surface area (Å²) in [6.07, 6.45) is 10.3. The lowest BCUT2D eigenvalue weighted by Gasteiger charge is -2.24. The van der Waals surface area contributed by atoms with Crippen molar-refractivity contribution in [3.63, 3.8) is 0 Å². The van der Waals surface area contributed by atoms with Gasteiger partial charge in [0.05, 0.1) is 47.1 Å². The number of nitrogens with zero attached hydrogens (tertiary/aromatic N) is 9. The zero-order chi connectivity index (χ0) is 25.9. The highest BCUT2D eigenvalue weighted by atomic mass is 35.5. The van der Waals surface area contributed by atoms with Crippen LogP contribution in [0.15, 0.2) is 49.3 Å². The molecular formula is C24H22ClFN10O. The summed E-state index contributed by atoms with van der Waals surface area (Å²) in [5.74, 6) is -1.14. The van der Waals surface area contributed by atoms with Gasteiger partial charge in [0.25, 0.3) is 0 Å². The van der Waals surface area contributed by atoms with Crippen LogP contribution in [0.5, 0.6) is 0 Å². The van der Waals surface area contributed by atoms with E-state index in [4.69, 9.17) is 11.6 Å². The Morgan fingerprint density at radius 2 is 1.95 bits per heavy atom. The normalized spacial score (nSPS) is 19.0. The quantitative estimate of drug-likeness (QED) is 0.375. The molecule has 0 aromatic carbocycles. The summed E-state index contributed by atoms with van der Waals surface area (Å²) in [6, 6.07) is 3.03. The summed E-state index contributed by atoms with van der Waals surface area (Å²) in [7, 11) is 0. The number of rotatable bonds is 5. The number of nitrogens with one attached hydrogen (secondary N) is 1. The number of carbonyl (C=O) groups excluding carboxylic acids is 1. The van der Waals surface area contributed by atoms with Crippen molar-refractivity contribution in [3.05, 3.63) is 77.1 Å². The van der Waals surface area contributed by atoms with Gasteiger partial charge in [0, 0.05) is 41.0 Å². The first kappa shape index (κ1) is 23.2. The molecule has 0 bridgehead atoms. The monoisotopic (exact) mass is 520 g/mol. The predicted molar refractivity (Wildman–Crippen MR) is 132 cm³/mol. The average molecular weight is 521 g/mol. The van der Waals surface area contributed by atoms with Gasteiger partial charge in [0.15, 0.2) is 11.5 Å². The largest absolute Gasteiger partial charge is 0.324 e. The first-order valence-corrected chi connectivity index (χ1v) is 12.0. The third kappa shape index (κ3) is 3.75. The number of pyridine rings is 1. The van der Waals surface area contributed by atoms with Gasteiger partial charge in [-0.05, 0) is 33.3 Å². The number of hydrogen-bond donors (Lipinski definition) is 1. The molecule has 0 saturated heterocycles. The Labute approximate surface area is 215 Å². The molecule has 0 radical (unpaired) electrons. The molecule has 5 aromatic rings. The van der Waals surface area contributed by atoms with Gasteiger partial charge in [0.2, 0.25) is 11.9 Å². The SMILES string of the molecule is CC(C)n1cc([C@]2(C)C[C@H](C(=O)Nc3cnc(-n4nccn4)c(Cl)c3)c3cnc4cc(F)nn4c32)cn1. The van der Waals surface area contributed by atoms with Gasteiger partial charge in [-0.3, -0.25) is 9.48 Å². The second-order valence-corrected chi connectivity index (χ2v) is 9.94. The Morgan fingerprint density at radius 1 is 1.16 bits per heavy atom. The number of amides is 1. The highest BCUT2D eigenvalue weighted by molar-refractivity contribution is 6.32. The molecule has 11 nitrogen and oxygen atoms in total. The van der Waals surface area contributed by atoms with Gasteiger partial charge in [-0.2, -0.15) is 19.7 Å². The Kier molecular flexibility index (Phi) is 5.30. The Balaban J connectivity index is 1.38. The van der Waals surface area contributed by atoms with E-state index in [0.29, 0.717) is 34.8 Å². The Bertz CT molecular complexity index is 1640. The molecule has 0 fully saturated rings. The maximum absolute atomic E-state index is 14.2. The summed E-state index contributed by atoms with van der Waals surface area (Å²) in [5, 5.41) is 19.8. The van der Waals surface area contributed by atoms with Crippen molar-refractivity contribution in [2.75, 3.05) is 5.32 Å². The summed E-state index contributed by atoms with van der Waals surface area (Å²) >= 11 is 6.38. The van der Waals surface area contributed by atoms with Gasteiger partial charge >= 0.3 is 0 Å². The second kappa shape index (κ2) is 8.44. The lowest BCUT2D eigenvalue weighted by atomic mass is 9.80. The highest BCUT2D eigenvalue weighted by Gasteiger charge is 2.48. The second-order valence-electron chi connectivity index (χ2n) is 9.53. The van der Waals surface area contributed by atoms with Crippen molar-refractivity contribution < 1.29 is 9.18 Å². The number of hydrogen-bond acceptors (Lipinski definition) is 7. The van der Waals surface area contributed by atoms with Crippen molar-refractivity contribution in [1.82, 2.24) is 44.4 Å². The molecule has 5 aromatic heterocycles. The fourth-order valence-corrected chi connectivity index (χ4v) is 5.18. The number of halogens is 2. The van der Waals surface area contributed by atoms with Crippen LogP contribution in [0.25, 0.3) is 11.5 Å². The van der Waals surface area contributed by atoms with E-state index >= 15 is 0 Å². The smallest absolute Gasteiger partial charge is 0.235 e. The van der Waals surface area contributed by atoms with Gasteiger partial charge in [-0.15, -0.1) is 9.90 Å². The van der Waals surface area contributed by atoms with E-state index in [9.17, 15) is 9.18 Å². The third-order valence-corrected chi connectivity index (χ3v) is 7.05. The zero-order valence-electron chi connectivity index (χ0n) is 20.2. The molecule has 13 heteroatoms. The van der Waals surface area contributed by atoms with E-state index in [1.165, 1.54) is 34.0 Å². The van der Waals surface area contributed by atoms with Crippen molar-refractivity contribution in [1.29, 1.82) is 0 Å². The molecule has 0 aliphatic heterocycles. The fourth-order valence-electron chi connectivity index (χ4n) is 4.94. The zero-order valence-corrected chi connectivity index (χ0v) is 20.9. The molecule has 0 unspecified atom stereocenters. The third-order valence-electron chi connectivity index (χ3n) is 6.77. The molecule has 1 aliphatic carbocycles. The molecule has 1 N–H and O–H groups in total. The number of aromatic nitrogens is 9. The molecule has 5 heterocycles. The van der Waals surface area contributed by atoms with Gasteiger partial charge in [-0.25, -0.2) is 14.5 Å². The minimum atomic E-state index is -0.671. The predicted octanol–water partition coefficient (Wildman–Crippen LogP) is 3.71. The minimum Gasteiger partial charge on any atom is -0.324 e. The van der Waals surface area contributed by atoms with Gasteiger partial charge in [0.1, 0.15) is 0 Å². The molecule has 37 heavy (non-hydrogen) atoms. The van der Waals surface area contributed by atoms with Crippen LogP contribution < -0.4 is 5.32 Å². The molecule has 6 rings (SSSR count). The van der Waals surface area contributed by atoms with Crippen LogP contribution in [0.4, 0.5) is 10.1 Å². The van der Waals surface area contributed by atoms with Crippen LogP contribution in [0.1, 0.15) is 56.0 Å². The van der Waals surface area contributed by atoms with Gasteiger partial charge < -0.3 is 5.32 Å². The minimum absolute atomic E-state index is 0.161. The standard InChI is InChI=1S/C24H22ClFN10O/c1-13(2)34-12-14(9-31-34)24(3)8-16(17-11-27-20-7-19(26)33-35(20)21(17)24)23(37)32-15-6-18(25)22(28-10-15)36-29-4-5-30-36/h4-7,9-13,16H,8H2,1-3H3,(H,32,37)/t16-,24-/m0/s1. The van der Waals surface area contributed by atoms with Gasteiger partial charge in [-0.1, -0.05) is 11.6 Å². The summed E-state index contributed by atoms with van der Waals surface area (Å²) in [6.45, 7) is 6.09. The van der Waals surface area contributed by atoms with Crippen LogP contribution in [-0.2, 0) is 10.2 Å². The Hall–Kier alpha value is -4.19. The lowest BCUT2D eigenvalue weighted by Crippen LogP contribution is -2.25. The number of fused-ring (bicyclic) bond motifs is 3.